The number of aliphatic imine (C=N–C) groups is 1. The Labute approximate surface area is 183 Å². The number of hydrogen-bond donors (Lipinski definition) is 2. The number of amidine groups is 1. The van der Waals surface area contributed by atoms with Crippen LogP contribution in [0.2, 0.25) is 5.02 Å². The van der Waals surface area contributed by atoms with Crippen LogP contribution in [0.1, 0.15) is 43.7 Å². The molecule has 3 rings (SSSR count). The molecule has 0 saturated heterocycles. The number of pyridine rings is 1. The van der Waals surface area contributed by atoms with E-state index < -0.39 is 0 Å². The van der Waals surface area contributed by atoms with E-state index in [1.165, 1.54) is 6.20 Å². The minimum atomic E-state index is -0.102. The molecule has 6 nitrogen and oxygen atoms in total. The third-order valence-electron chi connectivity index (χ3n) is 4.73. The van der Waals surface area contributed by atoms with Crippen molar-refractivity contribution in [2.75, 3.05) is 6.54 Å². The van der Waals surface area contributed by atoms with Crippen LogP contribution in [-0.4, -0.2) is 23.3 Å². The molecule has 0 unspecified atom stereocenters. The first-order valence-corrected chi connectivity index (χ1v) is 10.6. The molecule has 29 heavy (non-hydrogen) atoms. The maximum absolute atomic E-state index is 12.3. The summed E-state index contributed by atoms with van der Waals surface area (Å²) in [6.07, 6.45) is 4.41. The Hall–Kier alpha value is -2.27. The van der Waals surface area contributed by atoms with Crippen LogP contribution in [0.4, 0.5) is 5.82 Å². The van der Waals surface area contributed by atoms with Crippen molar-refractivity contribution in [3.05, 3.63) is 57.2 Å². The molecule has 1 saturated carbocycles. The monoisotopic (exact) mass is 473 g/mol. The van der Waals surface area contributed by atoms with Crippen molar-refractivity contribution in [2.24, 2.45) is 4.99 Å². The second-order valence-corrected chi connectivity index (χ2v) is 8.25. The standard InChI is InChI=1S/C21H21BrClN5O/c1-2-18(27-19-4-3-14(12-24)13-25-19)28-20(29)5-8-26-21(6-7-21)15-9-16(22)11-17(23)10-15/h3-4,9-11,13,26H,2,5-8H2,1H3,(H,25,27,28,29). The van der Waals surface area contributed by atoms with Gasteiger partial charge in [-0.05, 0) is 48.7 Å². The molecular formula is C21H21BrClN5O. The fourth-order valence-corrected chi connectivity index (χ4v) is 3.87. The van der Waals surface area contributed by atoms with Crippen LogP contribution in [0, 0.1) is 11.3 Å². The Bertz CT molecular complexity index is 944. The number of halogens is 2. The van der Waals surface area contributed by atoms with E-state index in [1.807, 2.05) is 25.1 Å². The van der Waals surface area contributed by atoms with Crippen LogP contribution in [0.25, 0.3) is 0 Å². The Morgan fingerprint density at radius 3 is 2.76 bits per heavy atom. The predicted molar refractivity (Wildman–Crippen MR) is 117 cm³/mol. The number of benzene rings is 1. The first kappa shape index (κ1) is 21.4. The van der Waals surface area contributed by atoms with E-state index in [9.17, 15) is 4.79 Å². The second kappa shape index (κ2) is 9.49. The molecule has 1 aliphatic rings. The van der Waals surface area contributed by atoms with Crippen molar-refractivity contribution in [1.82, 2.24) is 15.6 Å². The second-order valence-electron chi connectivity index (χ2n) is 6.89. The molecule has 0 spiro atoms. The van der Waals surface area contributed by atoms with Crippen LogP contribution in [0.3, 0.4) is 0 Å². The molecule has 8 heteroatoms. The molecule has 1 amide bonds. The van der Waals surface area contributed by atoms with Crippen LogP contribution in [0.15, 0.2) is 46.0 Å². The van der Waals surface area contributed by atoms with Gasteiger partial charge in [0.05, 0.1) is 5.56 Å². The highest BCUT2D eigenvalue weighted by Crippen LogP contribution is 2.46. The van der Waals surface area contributed by atoms with Gasteiger partial charge in [-0.15, -0.1) is 0 Å². The molecule has 0 radical (unpaired) electrons. The van der Waals surface area contributed by atoms with Crippen molar-refractivity contribution in [1.29, 1.82) is 5.26 Å². The normalized spacial score (nSPS) is 14.9. The minimum absolute atomic E-state index is 0.0955. The molecule has 0 atom stereocenters. The number of amides is 1. The lowest BCUT2D eigenvalue weighted by Crippen LogP contribution is -2.35. The summed E-state index contributed by atoms with van der Waals surface area (Å²) in [7, 11) is 0. The highest BCUT2D eigenvalue weighted by molar-refractivity contribution is 9.10. The molecule has 1 fully saturated rings. The van der Waals surface area contributed by atoms with Gasteiger partial charge in [0.25, 0.3) is 0 Å². The first-order valence-electron chi connectivity index (χ1n) is 9.39. The Kier molecular flexibility index (Phi) is 7.01. The number of nitriles is 1. The summed E-state index contributed by atoms with van der Waals surface area (Å²) in [5.74, 6) is 0.907. The maximum atomic E-state index is 12.3. The van der Waals surface area contributed by atoms with Crippen molar-refractivity contribution < 1.29 is 4.79 Å². The summed E-state index contributed by atoms with van der Waals surface area (Å²) in [5, 5.41) is 15.9. The van der Waals surface area contributed by atoms with Gasteiger partial charge in [0.1, 0.15) is 11.9 Å². The maximum Gasteiger partial charge on any atom is 0.226 e. The molecule has 2 aromatic rings. The number of aromatic nitrogens is 1. The Balaban J connectivity index is 1.53. The first-order chi connectivity index (χ1) is 13.9. The quantitative estimate of drug-likeness (QED) is 0.453. The third kappa shape index (κ3) is 5.86. The third-order valence-corrected chi connectivity index (χ3v) is 5.40. The van der Waals surface area contributed by atoms with E-state index in [1.54, 1.807) is 12.1 Å². The highest BCUT2D eigenvalue weighted by atomic mass is 79.9. The predicted octanol–water partition coefficient (Wildman–Crippen LogP) is 4.59. The Morgan fingerprint density at radius 2 is 2.17 bits per heavy atom. The van der Waals surface area contributed by atoms with Crippen LogP contribution < -0.4 is 10.6 Å². The van der Waals surface area contributed by atoms with E-state index in [0.29, 0.717) is 41.6 Å². The average Bonchev–Trinajstić information content (AvgIpc) is 3.48. The summed E-state index contributed by atoms with van der Waals surface area (Å²) in [6.45, 7) is 2.47. The molecule has 1 aromatic carbocycles. The average molecular weight is 475 g/mol. The number of hydrogen-bond acceptors (Lipinski definition) is 5. The van der Waals surface area contributed by atoms with Gasteiger partial charge in [-0.3, -0.25) is 4.79 Å². The summed E-state index contributed by atoms with van der Waals surface area (Å²) >= 11 is 9.65. The van der Waals surface area contributed by atoms with Crippen molar-refractivity contribution in [2.45, 2.75) is 38.1 Å². The van der Waals surface area contributed by atoms with Gasteiger partial charge in [-0.2, -0.15) is 5.26 Å². The largest absolute Gasteiger partial charge is 0.314 e. The molecule has 1 aliphatic carbocycles. The number of nitrogens with one attached hydrogen (secondary N) is 2. The van der Waals surface area contributed by atoms with Crippen LogP contribution in [0.5, 0.6) is 0 Å². The zero-order valence-corrected chi connectivity index (χ0v) is 18.3. The highest BCUT2D eigenvalue weighted by Gasteiger charge is 2.43. The fourth-order valence-electron chi connectivity index (χ4n) is 3.01. The lowest BCUT2D eigenvalue weighted by Gasteiger charge is -2.18. The molecule has 0 bridgehead atoms. The topological polar surface area (TPSA) is 90.2 Å². The number of carbonyl (C=O) groups excluding carboxylic acids is 1. The molecule has 1 aromatic heterocycles. The van der Waals surface area contributed by atoms with E-state index in [0.717, 1.165) is 22.9 Å². The number of carbonyl (C=O) groups is 1. The van der Waals surface area contributed by atoms with Gasteiger partial charge < -0.3 is 10.6 Å². The molecule has 1 heterocycles. The molecular weight excluding hydrogens is 454 g/mol. The molecule has 0 aliphatic heterocycles. The summed E-state index contributed by atoms with van der Waals surface area (Å²) in [4.78, 5) is 20.8. The van der Waals surface area contributed by atoms with Crippen molar-refractivity contribution >= 4 is 45.1 Å². The summed E-state index contributed by atoms with van der Waals surface area (Å²) in [5.41, 5.74) is 1.51. The molecule has 2 N–H and O–H groups in total. The SMILES string of the molecule is CCC(=Nc1ccc(C#N)cn1)NC(=O)CCNC1(c2cc(Cl)cc(Br)c2)CC1. The van der Waals surface area contributed by atoms with Crippen LogP contribution in [-0.2, 0) is 10.3 Å². The zero-order chi connectivity index (χ0) is 20.9. The van der Waals surface area contributed by atoms with E-state index in [2.05, 4.69) is 42.6 Å². The van der Waals surface area contributed by atoms with Gasteiger partial charge in [0.15, 0.2) is 5.82 Å². The van der Waals surface area contributed by atoms with Gasteiger partial charge in [-0.1, -0.05) is 34.5 Å². The van der Waals surface area contributed by atoms with Crippen LogP contribution >= 0.6 is 27.5 Å². The van der Waals surface area contributed by atoms with Gasteiger partial charge >= 0.3 is 0 Å². The van der Waals surface area contributed by atoms with Crippen molar-refractivity contribution in [3.63, 3.8) is 0 Å². The van der Waals surface area contributed by atoms with Gasteiger partial charge in [-0.25, -0.2) is 9.98 Å². The smallest absolute Gasteiger partial charge is 0.226 e. The molecule has 150 valence electrons. The fraction of sp³-hybridized carbons (Fsp3) is 0.333. The lowest BCUT2D eigenvalue weighted by atomic mass is 10.0. The van der Waals surface area contributed by atoms with E-state index in [4.69, 9.17) is 16.9 Å². The minimum Gasteiger partial charge on any atom is -0.314 e. The van der Waals surface area contributed by atoms with Crippen molar-refractivity contribution in [3.8, 4) is 6.07 Å². The van der Waals surface area contributed by atoms with Gasteiger partial charge in [0, 0.05) is 40.6 Å². The summed E-state index contributed by atoms with van der Waals surface area (Å²) in [6, 6.07) is 11.2. The lowest BCUT2D eigenvalue weighted by molar-refractivity contribution is -0.119. The zero-order valence-electron chi connectivity index (χ0n) is 16.0. The summed E-state index contributed by atoms with van der Waals surface area (Å²) < 4.78 is 0.950. The van der Waals surface area contributed by atoms with E-state index >= 15 is 0 Å². The number of rotatable bonds is 7. The Morgan fingerprint density at radius 1 is 1.38 bits per heavy atom. The number of nitrogens with zero attached hydrogens (tertiary/aromatic N) is 3. The van der Waals surface area contributed by atoms with Gasteiger partial charge in [0.2, 0.25) is 5.91 Å². The van der Waals surface area contributed by atoms with E-state index in [-0.39, 0.29) is 11.4 Å².